The highest BCUT2D eigenvalue weighted by atomic mass is 35.5. The van der Waals surface area contributed by atoms with Gasteiger partial charge in [0.15, 0.2) is 0 Å². The molecule has 2 N–H and O–H groups in total. The van der Waals surface area contributed by atoms with Gasteiger partial charge in [-0.2, -0.15) is 0 Å². The first-order valence-corrected chi connectivity index (χ1v) is 7.35. The molecular weight excluding hydrogens is 305 g/mol. The molecule has 0 aromatic heterocycles. The van der Waals surface area contributed by atoms with Crippen molar-refractivity contribution in [1.82, 2.24) is 5.32 Å². The van der Waals surface area contributed by atoms with Crippen LogP contribution in [0.5, 0.6) is 0 Å². The number of nitrogens with one attached hydrogen (secondary N) is 1. The highest BCUT2D eigenvalue weighted by Crippen LogP contribution is 2.31. The largest absolute Gasteiger partial charge is 0.392 e. The molecule has 19 heavy (non-hydrogen) atoms. The Morgan fingerprint density at radius 3 is 2.32 bits per heavy atom. The Labute approximate surface area is 130 Å². The second kappa shape index (κ2) is 7.14. The molecular formula is C14H20Cl3NO. The topological polar surface area (TPSA) is 32.3 Å². The molecule has 2 nitrogen and oxygen atoms in total. The molecule has 0 spiro atoms. The summed E-state index contributed by atoms with van der Waals surface area (Å²) in [6.45, 7) is 7.28. The molecule has 1 aromatic carbocycles. The molecule has 1 unspecified atom stereocenters. The lowest BCUT2D eigenvalue weighted by Crippen LogP contribution is -2.30. The van der Waals surface area contributed by atoms with E-state index in [9.17, 15) is 5.11 Å². The van der Waals surface area contributed by atoms with Crippen molar-refractivity contribution in [2.75, 3.05) is 6.54 Å². The fourth-order valence-electron chi connectivity index (χ4n) is 1.87. The van der Waals surface area contributed by atoms with E-state index in [1.54, 1.807) is 12.1 Å². The highest BCUT2D eigenvalue weighted by Gasteiger charge is 2.16. The van der Waals surface area contributed by atoms with Crippen molar-refractivity contribution >= 4 is 34.8 Å². The molecule has 1 aromatic rings. The molecule has 0 saturated heterocycles. The molecule has 1 rings (SSSR count). The van der Waals surface area contributed by atoms with Crippen LogP contribution in [0.2, 0.25) is 15.1 Å². The van der Waals surface area contributed by atoms with Crippen LogP contribution >= 0.6 is 34.8 Å². The lowest BCUT2D eigenvalue weighted by molar-refractivity contribution is 0.119. The van der Waals surface area contributed by atoms with Gasteiger partial charge in [-0.3, -0.25) is 0 Å². The molecule has 0 fully saturated rings. The fraction of sp³-hybridized carbons (Fsp3) is 0.571. The van der Waals surface area contributed by atoms with E-state index < -0.39 is 6.10 Å². The quantitative estimate of drug-likeness (QED) is 0.780. The monoisotopic (exact) mass is 323 g/mol. The zero-order chi connectivity index (χ0) is 14.6. The average Bonchev–Trinajstić information content (AvgIpc) is 2.26. The fourth-order valence-corrected chi connectivity index (χ4v) is 2.56. The van der Waals surface area contributed by atoms with Crippen LogP contribution in [-0.2, 0) is 6.54 Å². The van der Waals surface area contributed by atoms with E-state index in [0.29, 0.717) is 28.2 Å². The number of benzene rings is 1. The van der Waals surface area contributed by atoms with Crippen molar-refractivity contribution in [2.24, 2.45) is 5.41 Å². The number of halogens is 3. The van der Waals surface area contributed by atoms with Crippen LogP contribution < -0.4 is 5.32 Å². The molecule has 1 atom stereocenters. The van der Waals surface area contributed by atoms with Gasteiger partial charge in [0.05, 0.1) is 16.1 Å². The van der Waals surface area contributed by atoms with Crippen molar-refractivity contribution < 1.29 is 5.11 Å². The SMILES string of the molecule is CC(C)(C)CC(O)CNCc1c(Cl)ccc(Cl)c1Cl. The first-order valence-electron chi connectivity index (χ1n) is 6.22. The Bertz CT molecular complexity index is 429. The molecule has 0 heterocycles. The molecule has 0 aliphatic rings. The van der Waals surface area contributed by atoms with Crippen LogP contribution in [0, 0.1) is 5.41 Å². The number of hydrogen-bond donors (Lipinski definition) is 2. The molecule has 0 aliphatic heterocycles. The molecule has 0 saturated carbocycles. The Morgan fingerprint density at radius 1 is 1.16 bits per heavy atom. The second-order valence-corrected chi connectivity index (χ2v) is 7.06. The zero-order valence-electron chi connectivity index (χ0n) is 11.4. The molecule has 108 valence electrons. The van der Waals surface area contributed by atoms with Crippen LogP contribution in [0.25, 0.3) is 0 Å². The number of hydrogen-bond acceptors (Lipinski definition) is 2. The minimum absolute atomic E-state index is 0.104. The van der Waals surface area contributed by atoms with Gasteiger partial charge in [0.2, 0.25) is 0 Å². The molecule has 0 bridgehead atoms. The van der Waals surface area contributed by atoms with Crippen molar-refractivity contribution in [1.29, 1.82) is 0 Å². The van der Waals surface area contributed by atoms with E-state index >= 15 is 0 Å². The molecule has 0 aliphatic carbocycles. The Balaban J connectivity index is 2.52. The van der Waals surface area contributed by atoms with Gasteiger partial charge in [-0.25, -0.2) is 0 Å². The summed E-state index contributed by atoms with van der Waals surface area (Å²) in [7, 11) is 0. The zero-order valence-corrected chi connectivity index (χ0v) is 13.7. The Morgan fingerprint density at radius 2 is 1.74 bits per heavy atom. The van der Waals surface area contributed by atoms with E-state index in [1.807, 2.05) is 0 Å². The lowest BCUT2D eigenvalue weighted by Gasteiger charge is -2.22. The van der Waals surface area contributed by atoms with Gasteiger partial charge in [-0.05, 0) is 24.0 Å². The summed E-state index contributed by atoms with van der Waals surface area (Å²) in [5, 5.41) is 14.6. The normalized spacial score (nSPS) is 13.6. The first-order chi connectivity index (χ1) is 8.70. The number of aliphatic hydroxyl groups is 1. The molecule has 0 amide bonds. The van der Waals surface area contributed by atoms with Gasteiger partial charge in [-0.1, -0.05) is 55.6 Å². The van der Waals surface area contributed by atoms with Crippen LogP contribution in [0.4, 0.5) is 0 Å². The standard InChI is InChI=1S/C14H20Cl3NO/c1-14(2,3)6-9(19)7-18-8-10-11(15)4-5-12(16)13(10)17/h4-5,9,18-19H,6-8H2,1-3H3. The Hall–Kier alpha value is 0.01000. The summed E-state index contributed by atoms with van der Waals surface area (Å²) < 4.78 is 0. The van der Waals surface area contributed by atoms with E-state index in [1.165, 1.54) is 0 Å². The third-order valence-corrected chi connectivity index (χ3v) is 3.87. The van der Waals surface area contributed by atoms with Gasteiger partial charge in [0, 0.05) is 23.7 Å². The predicted molar refractivity (Wildman–Crippen MR) is 83.3 cm³/mol. The Kier molecular flexibility index (Phi) is 6.41. The smallest absolute Gasteiger partial charge is 0.0669 e. The van der Waals surface area contributed by atoms with E-state index in [0.717, 1.165) is 12.0 Å². The number of rotatable bonds is 5. The summed E-state index contributed by atoms with van der Waals surface area (Å²) in [5.41, 5.74) is 0.866. The van der Waals surface area contributed by atoms with Gasteiger partial charge < -0.3 is 10.4 Å². The maximum absolute atomic E-state index is 9.90. The van der Waals surface area contributed by atoms with Crippen molar-refractivity contribution in [3.8, 4) is 0 Å². The lowest BCUT2D eigenvalue weighted by atomic mass is 9.89. The predicted octanol–water partition coefficient (Wildman–Crippen LogP) is 4.53. The molecule has 5 heteroatoms. The highest BCUT2D eigenvalue weighted by molar-refractivity contribution is 6.44. The average molecular weight is 325 g/mol. The summed E-state index contributed by atoms with van der Waals surface area (Å²) in [6, 6.07) is 3.39. The maximum Gasteiger partial charge on any atom is 0.0669 e. The van der Waals surface area contributed by atoms with Crippen LogP contribution in [0.15, 0.2) is 12.1 Å². The van der Waals surface area contributed by atoms with Gasteiger partial charge in [0.1, 0.15) is 0 Å². The van der Waals surface area contributed by atoms with Gasteiger partial charge in [0.25, 0.3) is 0 Å². The van der Waals surface area contributed by atoms with E-state index in [4.69, 9.17) is 34.8 Å². The van der Waals surface area contributed by atoms with Crippen molar-refractivity contribution in [2.45, 2.75) is 39.8 Å². The van der Waals surface area contributed by atoms with Crippen LogP contribution in [-0.4, -0.2) is 17.8 Å². The minimum atomic E-state index is -0.392. The molecule has 0 radical (unpaired) electrons. The van der Waals surface area contributed by atoms with Crippen LogP contribution in [0.1, 0.15) is 32.8 Å². The minimum Gasteiger partial charge on any atom is -0.392 e. The van der Waals surface area contributed by atoms with Gasteiger partial charge in [-0.15, -0.1) is 0 Å². The first kappa shape index (κ1) is 17.1. The third-order valence-electron chi connectivity index (χ3n) is 2.67. The van der Waals surface area contributed by atoms with Gasteiger partial charge >= 0.3 is 0 Å². The summed E-state index contributed by atoms with van der Waals surface area (Å²) in [4.78, 5) is 0. The number of aliphatic hydroxyl groups excluding tert-OH is 1. The van der Waals surface area contributed by atoms with Crippen molar-refractivity contribution in [3.63, 3.8) is 0 Å². The van der Waals surface area contributed by atoms with Crippen molar-refractivity contribution in [3.05, 3.63) is 32.8 Å². The van der Waals surface area contributed by atoms with Crippen LogP contribution in [0.3, 0.4) is 0 Å². The third kappa shape index (κ3) is 5.88. The summed E-state index contributed by atoms with van der Waals surface area (Å²) >= 11 is 18.1. The summed E-state index contributed by atoms with van der Waals surface area (Å²) in [5.74, 6) is 0. The summed E-state index contributed by atoms with van der Waals surface area (Å²) in [6.07, 6.45) is 0.341. The second-order valence-electron chi connectivity index (χ2n) is 5.87. The van der Waals surface area contributed by atoms with E-state index in [2.05, 4.69) is 26.1 Å². The maximum atomic E-state index is 9.90. The van der Waals surface area contributed by atoms with E-state index in [-0.39, 0.29) is 5.41 Å².